The minimum absolute atomic E-state index is 0.181. The normalized spacial score (nSPS) is 11.0. The van der Waals surface area contributed by atoms with Crippen LogP contribution in [0.15, 0.2) is 73.2 Å². The fourth-order valence-corrected chi connectivity index (χ4v) is 3.14. The number of rotatable bonds is 5. The maximum Gasteiger partial charge on any atom is 0.241 e. The highest BCUT2D eigenvalue weighted by molar-refractivity contribution is 5.90. The monoisotopic (exact) mass is 395 g/mol. The molecule has 0 saturated carbocycles. The number of nitrogens with zero attached hydrogens (tertiary/aromatic N) is 7. The minimum Gasteiger partial charge on any atom is -0.468 e. The lowest BCUT2D eigenvalue weighted by atomic mass is 10.1. The van der Waals surface area contributed by atoms with Crippen LogP contribution in [0.2, 0.25) is 0 Å². The molecule has 0 saturated heterocycles. The Labute approximate surface area is 172 Å². The van der Waals surface area contributed by atoms with E-state index >= 15 is 0 Å². The number of ether oxygens (including phenoxy) is 1. The number of aryl methyl sites for hydroxylation is 1. The molecule has 0 aliphatic rings. The molecule has 0 atom stereocenters. The molecular formula is C22H17N7O. The van der Waals surface area contributed by atoms with Crippen LogP contribution in [-0.4, -0.2) is 34.9 Å². The van der Waals surface area contributed by atoms with Crippen molar-refractivity contribution in [3.05, 3.63) is 79.0 Å². The summed E-state index contributed by atoms with van der Waals surface area (Å²) < 4.78 is 7.66. The van der Waals surface area contributed by atoms with Crippen LogP contribution in [-0.2, 0) is 13.7 Å². The molecule has 5 rings (SSSR count). The maximum atomic E-state index is 6.03. The number of fused-ring (bicyclic) bond motifs is 1. The van der Waals surface area contributed by atoms with E-state index in [-0.39, 0.29) is 6.61 Å². The topological polar surface area (TPSA) is 91.5 Å². The van der Waals surface area contributed by atoms with Gasteiger partial charge in [-0.2, -0.15) is 10.2 Å². The van der Waals surface area contributed by atoms with Crippen LogP contribution < -0.4 is 4.74 Å². The third-order valence-electron chi connectivity index (χ3n) is 4.53. The lowest BCUT2D eigenvalue weighted by Gasteiger charge is -2.12. The van der Waals surface area contributed by atoms with Crippen LogP contribution in [0.1, 0.15) is 5.82 Å². The molecule has 0 radical (unpaired) electrons. The molecule has 0 aliphatic heterocycles. The Morgan fingerprint density at radius 3 is 2.23 bits per heavy atom. The van der Waals surface area contributed by atoms with Crippen LogP contribution in [0.3, 0.4) is 0 Å². The average Bonchev–Trinajstić information content (AvgIpc) is 3.23. The summed E-state index contributed by atoms with van der Waals surface area (Å²) in [5.74, 6) is 0.959. The van der Waals surface area contributed by atoms with E-state index in [1.54, 1.807) is 17.2 Å². The van der Waals surface area contributed by atoms with Gasteiger partial charge in [0.1, 0.15) is 28.7 Å². The van der Waals surface area contributed by atoms with Gasteiger partial charge in [0.25, 0.3) is 0 Å². The molecule has 5 aromatic rings. The van der Waals surface area contributed by atoms with Crippen molar-refractivity contribution >= 4 is 11.0 Å². The Balaban J connectivity index is 1.65. The predicted octanol–water partition coefficient (Wildman–Crippen LogP) is 3.46. The van der Waals surface area contributed by atoms with Crippen LogP contribution in [0, 0.1) is 0 Å². The zero-order chi connectivity index (χ0) is 20.3. The summed E-state index contributed by atoms with van der Waals surface area (Å²) in [6.07, 6.45) is 3.25. The van der Waals surface area contributed by atoms with E-state index < -0.39 is 0 Å². The molecule has 0 N–H and O–H groups in total. The number of hydrogen-bond acceptors (Lipinski definition) is 7. The summed E-state index contributed by atoms with van der Waals surface area (Å²) in [7, 11) is 1.81. The second-order valence-electron chi connectivity index (χ2n) is 6.66. The van der Waals surface area contributed by atoms with Gasteiger partial charge in [0.2, 0.25) is 5.88 Å². The Morgan fingerprint density at radius 1 is 0.867 bits per heavy atom. The maximum absolute atomic E-state index is 6.03. The number of hydrogen-bond donors (Lipinski definition) is 0. The average molecular weight is 395 g/mol. The molecule has 2 aromatic carbocycles. The van der Waals surface area contributed by atoms with Crippen molar-refractivity contribution in [3.8, 4) is 28.4 Å². The van der Waals surface area contributed by atoms with Crippen LogP contribution in [0.4, 0.5) is 0 Å². The van der Waals surface area contributed by atoms with Gasteiger partial charge < -0.3 is 4.74 Å². The van der Waals surface area contributed by atoms with Crippen LogP contribution >= 0.6 is 0 Å². The van der Waals surface area contributed by atoms with Gasteiger partial charge in [-0.15, -0.1) is 5.10 Å². The summed E-state index contributed by atoms with van der Waals surface area (Å²) in [5, 5.41) is 12.7. The largest absolute Gasteiger partial charge is 0.468 e. The lowest BCUT2D eigenvalue weighted by molar-refractivity contribution is 0.285. The standard InChI is InChI=1S/C22H17N7O/c1-29-14-23-18(28-29)13-30-22-20(16-10-6-3-7-11-16)25-17-12-24-27-19(21(17)26-22)15-8-4-2-5-9-15/h2-12,14H,13H2,1H3. The van der Waals surface area contributed by atoms with Crippen molar-refractivity contribution < 1.29 is 4.74 Å². The van der Waals surface area contributed by atoms with E-state index in [1.165, 1.54) is 0 Å². The van der Waals surface area contributed by atoms with Crippen molar-refractivity contribution in [2.45, 2.75) is 6.61 Å². The third-order valence-corrected chi connectivity index (χ3v) is 4.53. The van der Waals surface area contributed by atoms with E-state index in [0.29, 0.717) is 34.1 Å². The summed E-state index contributed by atoms with van der Waals surface area (Å²) in [4.78, 5) is 13.8. The predicted molar refractivity (Wildman–Crippen MR) is 111 cm³/mol. The van der Waals surface area contributed by atoms with E-state index in [0.717, 1.165) is 11.1 Å². The van der Waals surface area contributed by atoms with Crippen molar-refractivity contribution in [2.24, 2.45) is 7.05 Å². The Bertz CT molecular complexity index is 1300. The highest BCUT2D eigenvalue weighted by Gasteiger charge is 2.17. The van der Waals surface area contributed by atoms with Gasteiger partial charge >= 0.3 is 0 Å². The van der Waals surface area contributed by atoms with E-state index in [2.05, 4.69) is 20.3 Å². The van der Waals surface area contributed by atoms with E-state index in [1.807, 2.05) is 67.7 Å². The Morgan fingerprint density at radius 2 is 1.57 bits per heavy atom. The third kappa shape index (κ3) is 3.46. The molecule has 30 heavy (non-hydrogen) atoms. The first kappa shape index (κ1) is 17.9. The van der Waals surface area contributed by atoms with Gasteiger partial charge in [0.05, 0.1) is 6.20 Å². The summed E-state index contributed by atoms with van der Waals surface area (Å²) >= 11 is 0. The molecule has 3 heterocycles. The first-order valence-electron chi connectivity index (χ1n) is 9.39. The highest BCUT2D eigenvalue weighted by Crippen LogP contribution is 2.31. The summed E-state index contributed by atoms with van der Waals surface area (Å²) in [6.45, 7) is 0.181. The fraction of sp³-hybridized carbons (Fsp3) is 0.0909. The molecule has 0 aliphatic carbocycles. The van der Waals surface area contributed by atoms with Crippen molar-refractivity contribution in [1.29, 1.82) is 0 Å². The van der Waals surface area contributed by atoms with Crippen LogP contribution in [0.5, 0.6) is 5.88 Å². The molecule has 8 nitrogen and oxygen atoms in total. The first-order valence-corrected chi connectivity index (χ1v) is 9.39. The molecular weight excluding hydrogens is 378 g/mol. The minimum atomic E-state index is 0.181. The lowest BCUT2D eigenvalue weighted by Crippen LogP contribution is -2.04. The molecule has 8 heteroatoms. The zero-order valence-electron chi connectivity index (χ0n) is 16.2. The van der Waals surface area contributed by atoms with Crippen molar-refractivity contribution in [1.82, 2.24) is 34.9 Å². The Hall–Kier alpha value is -4.20. The van der Waals surface area contributed by atoms with Gasteiger partial charge in [-0.25, -0.2) is 15.0 Å². The molecule has 0 bridgehead atoms. The number of benzene rings is 2. The number of aromatic nitrogens is 7. The zero-order valence-corrected chi connectivity index (χ0v) is 16.2. The highest BCUT2D eigenvalue weighted by atomic mass is 16.5. The smallest absolute Gasteiger partial charge is 0.241 e. The second kappa shape index (κ2) is 7.67. The van der Waals surface area contributed by atoms with E-state index in [4.69, 9.17) is 14.7 Å². The van der Waals surface area contributed by atoms with Crippen molar-refractivity contribution in [3.63, 3.8) is 0 Å². The summed E-state index contributed by atoms with van der Waals surface area (Å²) in [5.41, 5.74) is 4.36. The molecule has 0 spiro atoms. The van der Waals surface area contributed by atoms with Gasteiger partial charge in [-0.3, -0.25) is 4.68 Å². The molecule has 3 aromatic heterocycles. The van der Waals surface area contributed by atoms with Gasteiger partial charge in [-0.1, -0.05) is 60.7 Å². The fourth-order valence-electron chi connectivity index (χ4n) is 3.14. The van der Waals surface area contributed by atoms with Gasteiger partial charge in [0, 0.05) is 18.2 Å². The van der Waals surface area contributed by atoms with Gasteiger partial charge in [-0.05, 0) is 0 Å². The van der Waals surface area contributed by atoms with Crippen molar-refractivity contribution in [2.75, 3.05) is 0 Å². The molecule has 0 amide bonds. The molecule has 0 fully saturated rings. The molecule has 0 unspecified atom stereocenters. The molecule has 146 valence electrons. The summed E-state index contributed by atoms with van der Waals surface area (Å²) in [6, 6.07) is 19.6. The van der Waals surface area contributed by atoms with Gasteiger partial charge in [0.15, 0.2) is 12.4 Å². The first-order chi connectivity index (χ1) is 14.8. The Kier molecular flexibility index (Phi) is 4.57. The van der Waals surface area contributed by atoms with Crippen LogP contribution in [0.25, 0.3) is 33.5 Å². The quantitative estimate of drug-likeness (QED) is 0.450. The SMILES string of the molecule is Cn1cnc(COc2nc3c(-c4ccccc4)nncc3nc2-c2ccccc2)n1. The second-order valence-corrected chi connectivity index (χ2v) is 6.66. The van der Waals surface area contributed by atoms with E-state index in [9.17, 15) is 0 Å².